The summed E-state index contributed by atoms with van der Waals surface area (Å²) < 4.78 is 11.0. The number of rotatable bonds is 5. The van der Waals surface area contributed by atoms with E-state index in [9.17, 15) is 9.59 Å². The molecule has 1 atom stereocenters. The van der Waals surface area contributed by atoms with E-state index in [2.05, 4.69) is 27.5 Å². The number of hydrogen-bond acceptors (Lipinski definition) is 6. The lowest BCUT2D eigenvalue weighted by atomic mass is 10.0. The highest BCUT2D eigenvalue weighted by Gasteiger charge is 2.27. The zero-order chi connectivity index (χ0) is 22.7. The Bertz CT molecular complexity index is 1000. The molecule has 2 amide bonds. The average molecular weight is 439 g/mol. The largest absolute Gasteiger partial charge is 0.454 e. The van der Waals surface area contributed by atoms with Crippen LogP contribution >= 0.6 is 0 Å². The summed E-state index contributed by atoms with van der Waals surface area (Å²) in [6.07, 6.45) is 0. The molecule has 2 aliphatic heterocycles. The first-order chi connectivity index (χ1) is 15.4. The maximum absolute atomic E-state index is 12.6. The van der Waals surface area contributed by atoms with Crippen LogP contribution in [-0.4, -0.2) is 68.2 Å². The number of nitrogens with one attached hydrogen (secondary N) is 2. The third kappa shape index (κ3) is 5.03. The Hall–Kier alpha value is -3.10. The number of amides is 2. The molecule has 8 nitrogen and oxygen atoms in total. The molecule has 2 N–H and O–H groups in total. The van der Waals surface area contributed by atoms with Gasteiger partial charge in [0.15, 0.2) is 11.5 Å². The molecule has 8 heteroatoms. The van der Waals surface area contributed by atoms with E-state index < -0.39 is 11.8 Å². The van der Waals surface area contributed by atoms with E-state index in [0.717, 1.165) is 48.6 Å². The Morgan fingerprint density at radius 3 is 2.47 bits per heavy atom. The minimum atomic E-state index is -0.667. The Morgan fingerprint density at radius 2 is 1.72 bits per heavy atom. The number of hydrogen-bond donors (Lipinski definition) is 2. The third-order valence-electron chi connectivity index (χ3n) is 6.05. The standard InChI is InChI=1S/C24H30N4O4/c1-16-4-6-19(17(2)12-16)26-24(30)23(29)25-14-20(28-10-8-27(3)9-11-28)18-5-7-21-22(13-18)32-15-31-21/h4-7,12-13,20H,8-11,14-15H2,1-3H3,(H,25,29)(H,26,30)/t20-/m0/s1. The number of likely N-dealkylation sites (N-methyl/N-ethyl adjacent to an activating group) is 1. The smallest absolute Gasteiger partial charge is 0.313 e. The van der Waals surface area contributed by atoms with Gasteiger partial charge in [-0.05, 0) is 50.2 Å². The first kappa shape index (κ1) is 22.1. The topological polar surface area (TPSA) is 83.1 Å². The van der Waals surface area contributed by atoms with Crippen molar-refractivity contribution in [3.8, 4) is 11.5 Å². The first-order valence-corrected chi connectivity index (χ1v) is 10.9. The fourth-order valence-electron chi connectivity index (χ4n) is 4.11. The minimum absolute atomic E-state index is 0.0731. The molecule has 0 radical (unpaired) electrons. The van der Waals surface area contributed by atoms with Crippen LogP contribution < -0.4 is 20.1 Å². The molecule has 1 fully saturated rings. The van der Waals surface area contributed by atoms with E-state index in [0.29, 0.717) is 18.0 Å². The first-order valence-electron chi connectivity index (χ1n) is 10.9. The number of aryl methyl sites for hydroxylation is 2. The van der Waals surface area contributed by atoms with Gasteiger partial charge in [-0.25, -0.2) is 0 Å². The van der Waals surface area contributed by atoms with Gasteiger partial charge in [-0.1, -0.05) is 23.8 Å². The lowest BCUT2D eigenvalue weighted by molar-refractivity contribution is -0.136. The molecule has 2 heterocycles. The highest BCUT2D eigenvalue weighted by molar-refractivity contribution is 6.39. The Morgan fingerprint density at radius 1 is 0.969 bits per heavy atom. The van der Waals surface area contributed by atoms with Gasteiger partial charge in [-0.15, -0.1) is 0 Å². The summed E-state index contributed by atoms with van der Waals surface area (Å²) in [6, 6.07) is 11.5. The quantitative estimate of drug-likeness (QED) is 0.696. The Kier molecular flexibility index (Phi) is 6.62. The van der Waals surface area contributed by atoms with Crippen molar-refractivity contribution in [1.29, 1.82) is 0 Å². The molecule has 32 heavy (non-hydrogen) atoms. The Balaban J connectivity index is 1.44. The van der Waals surface area contributed by atoms with E-state index in [1.807, 2.05) is 50.2 Å². The van der Waals surface area contributed by atoms with Crippen molar-refractivity contribution >= 4 is 17.5 Å². The van der Waals surface area contributed by atoms with Gasteiger partial charge in [-0.2, -0.15) is 0 Å². The zero-order valence-corrected chi connectivity index (χ0v) is 18.8. The molecule has 0 aliphatic carbocycles. The number of fused-ring (bicyclic) bond motifs is 1. The molecule has 1 saturated heterocycles. The summed E-state index contributed by atoms with van der Waals surface area (Å²) in [7, 11) is 2.10. The van der Waals surface area contributed by atoms with Crippen molar-refractivity contribution in [1.82, 2.24) is 15.1 Å². The summed E-state index contributed by atoms with van der Waals surface area (Å²) in [4.78, 5) is 29.7. The molecule has 0 unspecified atom stereocenters. The van der Waals surface area contributed by atoms with Crippen molar-refractivity contribution < 1.29 is 19.1 Å². The number of nitrogens with zero attached hydrogens (tertiary/aromatic N) is 2. The second-order valence-electron chi connectivity index (χ2n) is 8.45. The van der Waals surface area contributed by atoms with Gasteiger partial charge in [0.05, 0.1) is 6.04 Å². The van der Waals surface area contributed by atoms with Crippen molar-refractivity contribution in [2.75, 3.05) is 51.9 Å². The van der Waals surface area contributed by atoms with Crippen LogP contribution in [0.25, 0.3) is 0 Å². The number of carbonyl (C=O) groups excluding carboxylic acids is 2. The maximum Gasteiger partial charge on any atom is 0.313 e. The van der Waals surface area contributed by atoms with Gasteiger partial charge in [0.2, 0.25) is 6.79 Å². The molecule has 4 rings (SSSR count). The van der Waals surface area contributed by atoms with E-state index in [1.165, 1.54) is 0 Å². The van der Waals surface area contributed by atoms with Crippen molar-refractivity contribution in [3.63, 3.8) is 0 Å². The minimum Gasteiger partial charge on any atom is -0.454 e. The zero-order valence-electron chi connectivity index (χ0n) is 18.8. The summed E-state index contributed by atoms with van der Waals surface area (Å²) in [5.74, 6) is 0.118. The van der Waals surface area contributed by atoms with Gasteiger partial charge in [0, 0.05) is 38.4 Å². The highest BCUT2D eigenvalue weighted by Crippen LogP contribution is 2.35. The highest BCUT2D eigenvalue weighted by atomic mass is 16.7. The van der Waals surface area contributed by atoms with E-state index in [1.54, 1.807) is 0 Å². The summed E-state index contributed by atoms with van der Waals surface area (Å²) in [5.41, 5.74) is 3.68. The van der Waals surface area contributed by atoms with Crippen LogP contribution in [0.15, 0.2) is 36.4 Å². The lowest BCUT2D eigenvalue weighted by Crippen LogP contribution is -2.49. The van der Waals surface area contributed by atoms with Crippen LogP contribution in [-0.2, 0) is 9.59 Å². The van der Waals surface area contributed by atoms with Crippen molar-refractivity contribution in [2.24, 2.45) is 0 Å². The molecule has 2 aromatic carbocycles. The number of ether oxygens (including phenoxy) is 2. The summed E-state index contributed by atoms with van der Waals surface area (Å²) >= 11 is 0. The number of benzene rings is 2. The molecule has 0 bridgehead atoms. The van der Waals surface area contributed by atoms with Crippen LogP contribution in [0.2, 0.25) is 0 Å². The van der Waals surface area contributed by atoms with Gasteiger partial charge in [-0.3, -0.25) is 14.5 Å². The molecule has 2 aromatic rings. The van der Waals surface area contributed by atoms with Crippen LogP contribution in [0.4, 0.5) is 5.69 Å². The van der Waals surface area contributed by atoms with E-state index in [4.69, 9.17) is 9.47 Å². The lowest BCUT2D eigenvalue weighted by Gasteiger charge is -2.38. The SMILES string of the molecule is Cc1ccc(NC(=O)C(=O)NC[C@@H](c2ccc3c(c2)OCO3)N2CCN(C)CC2)c(C)c1. The van der Waals surface area contributed by atoms with E-state index in [-0.39, 0.29) is 12.8 Å². The molecule has 0 aromatic heterocycles. The second kappa shape index (κ2) is 9.58. The summed E-state index contributed by atoms with van der Waals surface area (Å²) in [6.45, 7) is 8.07. The summed E-state index contributed by atoms with van der Waals surface area (Å²) in [5, 5.41) is 5.54. The van der Waals surface area contributed by atoms with Crippen LogP contribution in [0.3, 0.4) is 0 Å². The van der Waals surface area contributed by atoms with Gasteiger partial charge >= 0.3 is 11.8 Å². The molecule has 0 saturated carbocycles. The van der Waals surface area contributed by atoms with E-state index >= 15 is 0 Å². The molecular weight excluding hydrogens is 408 g/mol. The predicted octanol–water partition coefficient (Wildman–Crippen LogP) is 2.08. The normalized spacial score (nSPS) is 17.1. The van der Waals surface area contributed by atoms with Crippen molar-refractivity contribution in [2.45, 2.75) is 19.9 Å². The monoisotopic (exact) mass is 438 g/mol. The molecule has 2 aliphatic rings. The van der Waals surface area contributed by atoms with Crippen molar-refractivity contribution in [3.05, 3.63) is 53.1 Å². The fraction of sp³-hybridized carbons (Fsp3) is 0.417. The number of carbonyl (C=O) groups is 2. The Labute approximate surface area is 188 Å². The number of piperazine rings is 1. The second-order valence-corrected chi connectivity index (χ2v) is 8.45. The molecule has 0 spiro atoms. The van der Waals surface area contributed by atoms with Gasteiger partial charge in [0.1, 0.15) is 0 Å². The third-order valence-corrected chi connectivity index (χ3v) is 6.05. The van der Waals surface area contributed by atoms with Gasteiger partial charge in [0.25, 0.3) is 0 Å². The van der Waals surface area contributed by atoms with Gasteiger partial charge < -0.3 is 25.0 Å². The average Bonchev–Trinajstić information content (AvgIpc) is 3.25. The maximum atomic E-state index is 12.6. The van der Waals surface area contributed by atoms with Crippen LogP contribution in [0, 0.1) is 13.8 Å². The predicted molar refractivity (Wildman–Crippen MR) is 122 cm³/mol. The molecule has 170 valence electrons. The van der Waals surface area contributed by atoms with Crippen LogP contribution in [0.5, 0.6) is 11.5 Å². The van der Waals surface area contributed by atoms with Crippen LogP contribution in [0.1, 0.15) is 22.7 Å². The number of anilines is 1. The molecular formula is C24H30N4O4. The fourth-order valence-corrected chi connectivity index (χ4v) is 4.11.